The maximum absolute atomic E-state index is 12.7. The molecule has 0 spiro atoms. The van der Waals surface area contributed by atoms with Gasteiger partial charge in [-0.3, -0.25) is 9.36 Å². The van der Waals surface area contributed by atoms with E-state index in [2.05, 4.69) is 25.3 Å². The van der Waals surface area contributed by atoms with Crippen molar-refractivity contribution in [2.75, 3.05) is 44.2 Å². The number of carbonyl (C=O) groups excluding carboxylic acids is 1. The second-order valence-corrected chi connectivity index (χ2v) is 9.08. The molecule has 1 N–H and O–H groups in total. The quantitative estimate of drug-likeness (QED) is 0.703. The molecule has 2 aliphatic rings. The molecule has 1 atom stereocenters. The average molecular weight is 417 g/mol. The molecule has 4 heterocycles. The number of piperidine rings is 1. The first-order valence-corrected chi connectivity index (χ1v) is 11.8. The Morgan fingerprint density at radius 3 is 2.59 bits per heavy atom. The van der Waals surface area contributed by atoms with Gasteiger partial charge in [0.15, 0.2) is 0 Å². The Hall–Kier alpha value is -1.93. The summed E-state index contributed by atoms with van der Waals surface area (Å²) < 4.78 is 1.97. The Balaban J connectivity index is 1.22. The van der Waals surface area contributed by atoms with Crippen LogP contribution in [0.4, 0.5) is 5.13 Å². The smallest absolute Gasteiger partial charge is 0.224 e. The summed E-state index contributed by atoms with van der Waals surface area (Å²) in [5.41, 5.74) is 0. The number of likely N-dealkylation sites (tertiary alicyclic amines) is 1. The summed E-state index contributed by atoms with van der Waals surface area (Å²) in [6, 6.07) is 3.96. The molecule has 0 aromatic carbocycles. The fourth-order valence-electron chi connectivity index (χ4n) is 4.29. The number of nitrogens with one attached hydrogen (secondary N) is 1. The molecule has 0 aliphatic carbocycles. The van der Waals surface area contributed by atoms with Gasteiger partial charge in [-0.1, -0.05) is 24.2 Å². The molecule has 0 radical (unpaired) electrons. The zero-order valence-corrected chi connectivity index (χ0v) is 17.9. The van der Waals surface area contributed by atoms with Gasteiger partial charge in [0.25, 0.3) is 0 Å². The van der Waals surface area contributed by atoms with Crippen LogP contribution in [-0.2, 0) is 4.79 Å². The fourth-order valence-corrected chi connectivity index (χ4v) is 5.13. The van der Waals surface area contributed by atoms with Crippen molar-refractivity contribution in [3.05, 3.63) is 24.5 Å². The highest BCUT2D eigenvalue weighted by molar-refractivity contribution is 7.17. The average Bonchev–Trinajstić information content (AvgIpc) is 3.39. The molecule has 4 rings (SSSR count). The van der Waals surface area contributed by atoms with Crippen LogP contribution >= 0.6 is 11.3 Å². The van der Waals surface area contributed by atoms with Gasteiger partial charge >= 0.3 is 0 Å². The molecule has 2 fully saturated rings. The third-order valence-electron chi connectivity index (χ3n) is 5.94. The van der Waals surface area contributed by atoms with E-state index in [1.807, 2.05) is 29.1 Å². The van der Waals surface area contributed by atoms with Gasteiger partial charge in [0, 0.05) is 32.0 Å². The molecule has 8 heteroatoms. The van der Waals surface area contributed by atoms with Crippen LogP contribution in [0.15, 0.2) is 24.5 Å². The summed E-state index contributed by atoms with van der Waals surface area (Å²) in [6.07, 6.45) is 12.3. The van der Waals surface area contributed by atoms with E-state index in [9.17, 15) is 4.79 Å². The minimum absolute atomic E-state index is 0.0425. The number of aromatic nitrogens is 3. The van der Waals surface area contributed by atoms with E-state index in [0.29, 0.717) is 0 Å². The molecule has 2 saturated heterocycles. The van der Waals surface area contributed by atoms with Gasteiger partial charge in [0.1, 0.15) is 0 Å². The second-order valence-electron chi connectivity index (χ2n) is 8.14. The van der Waals surface area contributed by atoms with Crippen LogP contribution < -0.4 is 10.2 Å². The Labute approximate surface area is 177 Å². The number of hydrogen-bond acceptors (Lipinski definition) is 6. The lowest BCUT2D eigenvalue weighted by Gasteiger charge is -2.31. The van der Waals surface area contributed by atoms with Crippen LogP contribution in [0.2, 0.25) is 0 Å². The summed E-state index contributed by atoms with van der Waals surface area (Å²) in [4.78, 5) is 17.5. The molecule has 0 unspecified atom stereocenters. The van der Waals surface area contributed by atoms with E-state index in [1.165, 1.54) is 38.8 Å². The molecular weight excluding hydrogens is 384 g/mol. The van der Waals surface area contributed by atoms with Crippen LogP contribution in [0.25, 0.3) is 5.13 Å². The third kappa shape index (κ3) is 5.57. The highest BCUT2D eigenvalue weighted by Crippen LogP contribution is 2.27. The maximum atomic E-state index is 12.7. The van der Waals surface area contributed by atoms with Crippen molar-refractivity contribution in [3.63, 3.8) is 0 Å². The second kappa shape index (κ2) is 10.2. The SMILES string of the molecule is O=C(NCCCN1CCCCCC1)[C@@H]1CCCN(c2nnc(-n3cccc3)s2)C1. The van der Waals surface area contributed by atoms with E-state index in [-0.39, 0.29) is 11.8 Å². The van der Waals surface area contributed by atoms with Crippen LogP contribution in [0.3, 0.4) is 0 Å². The lowest BCUT2D eigenvalue weighted by molar-refractivity contribution is -0.125. The molecular formula is C21H32N6OS. The summed E-state index contributed by atoms with van der Waals surface area (Å²) >= 11 is 1.58. The van der Waals surface area contributed by atoms with Gasteiger partial charge in [-0.15, -0.1) is 10.2 Å². The first-order chi connectivity index (χ1) is 14.3. The topological polar surface area (TPSA) is 66.3 Å². The minimum Gasteiger partial charge on any atom is -0.356 e. The lowest BCUT2D eigenvalue weighted by atomic mass is 9.97. The molecule has 0 saturated carbocycles. The van der Waals surface area contributed by atoms with E-state index < -0.39 is 0 Å². The van der Waals surface area contributed by atoms with Gasteiger partial charge in [-0.25, -0.2) is 0 Å². The van der Waals surface area contributed by atoms with Gasteiger partial charge in [0.2, 0.25) is 16.2 Å². The van der Waals surface area contributed by atoms with Crippen LogP contribution in [0, 0.1) is 5.92 Å². The number of carbonyl (C=O) groups is 1. The molecule has 29 heavy (non-hydrogen) atoms. The zero-order chi connectivity index (χ0) is 19.9. The molecule has 2 aromatic rings. The van der Waals surface area contributed by atoms with Crippen molar-refractivity contribution in [1.82, 2.24) is 25.0 Å². The predicted molar refractivity (Wildman–Crippen MR) is 117 cm³/mol. The number of anilines is 1. The Morgan fingerprint density at radius 2 is 1.79 bits per heavy atom. The van der Waals surface area contributed by atoms with E-state index in [1.54, 1.807) is 11.3 Å². The Kier molecular flexibility index (Phi) is 7.16. The van der Waals surface area contributed by atoms with Crippen LogP contribution in [0.5, 0.6) is 0 Å². The standard InChI is InChI=1S/C21H32N6OS/c28-19(22-10-8-13-25-11-3-1-2-4-12-25)18-9-7-16-27(17-18)21-24-23-20(29-21)26-14-5-6-15-26/h5-6,14-15,18H,1-4,7-13,16-17H2,(H,22,28)/t18-/m1/s1. The summed E-state index contributed by atoms with van der Waals surface area (Å²) in [5, 5.41) is 13.6. The lowest BCUT2D eigenvalue weighted by Crippen LogP contribution is -2.43. The minimum atomic E-state index is 0.0425. The molecule has 0 bridgehead atoms. The monoisotopic (exact) mass is 416 g/mol. The van der Waals surface area contributed by atoms with E-state index in [0.717, 1.165) is 55.7 Å². The molecule has 2 aliphatic heterocycles. The van der Waals surface area contributed by atoms with E-state index >= 15 is 0 Å². The number of amides is 1. The van der Waals surface area contributed by atoms with Crippen molar-refractivity contribution in [1.29, 1.82) is 0 Å². The number of nitrogens with zero attached hydrogens (tertiary/aromatic N) is 5. The summed E-state index contributed by atoms with van der Waals surface area (Å²) in [6.45, 7) is 6.00. The van der Waals surface area contributed by atoms with Crippen LogP contribution in [-0.4, -0.2) is 64.8 Å². The Bertz CT molecular complexity index is 753. The first-order valence-electron chi connectivity index (χ1n) is 11.0. The van der Waals surface area contributed by atoms with Crippen molar-refractivity contribution in [2.24, 2.45) is 5.92 Å². The van der Waals surface area contributed by atoms with Crippen molar-refractivity contribution < 1.29 is 4.79 Å². The Morgan fingerprint density at radius 1 is 1.03 bits per heavy atom. The fraction of sp³-hybridized carbons (Fsp3) is 0.667. The zero-order valence-electron chi connectivity index (χ0n) is 17.1. The van der Waals surface area contributed by atoms with E-state index in [4.69, 9.17) is 0 Å². The first kappa shape index (κ1) is 20.3. The summed E-state index contributed by atoms with van der Waals surface area (Å²) in [5.74, 6) is 0.238. The third-order valence-corrected chi connectivity index (χ3v) is 6.94. The van der Waals surface area contributed by atoms with Gasteiger partial charge in [0.05, 0.1) is 5.92 Å². The normalized spacial score (nSPS) is 21.1. The predicted octanol–water partition coefficient (Wildman–Crippen LogP) is 2.93. The number of hydrogen-bond donors (Lipinski definition) is 1. The van der Waals surface area contributed by atoms with Crippen molar-refractivity contribution >= 4 is 22.4 Å². The van der Waals surface area contributed by atoms with Gasteiger partial charge in [-0.2, -0.15) is 0 Å². The molecule has 1 amide bonds. The molecule has 158 valence electrons. The van der Waals surface area contributed by atoms with Crippen molar-refractivity contribution in [3.8, 4) is 5.13 Å². The van der Waals surface area contributed by atoms with Gasteiger partial charge in [-0.05, 0) is 63.9 Å². The molecule has 2 aromatic heterocycles. The van der Waals surface area contributed by atoms with Crippen molar-refractivity contribution in [2.45, 2.75) is 44.9 Å². The largest absolute Gasteiger partial charge is 0.356 e. The number of rotatable bonds is 7. The highest BCUT2D eigenvalue weighted by atomic mass is 32.1. The van der Waals surface area contributed by atoms with Gasteiger partial charge < -0.3 is 15.1 Å². The highest BCUT2D eigenvalue weighted by Gasteiger charge is 2.27. The maximum Gasteiger partial charge on any atom is 0.224 e. The summed E-state index contributed by atoms with van der Waals surface area (Å²) in [7, 11) is 0. The van der Waals surface area contributed by atoms with Crippen LogP contribution in [0.1, 0.15) is 44.9 Å². The molecule has 7 nitrogen and oxygen atoms in total.